The lowest BCUT2D eigenvalue weighted by Crippen LogP contribution is -2.29. The molecule has 1 unspecified atom stereocenters. The second-order valence-corrected chi connectivity index (χ2v) is 9.60. The van der Waals surface area contributed by atoms with Gasteiger partial charge in [-0.15, -0.1) is 0 Å². The van der Waals surface area contributed by atoms with Gasteiger partial charge >= 0.3 is 11.9 Å². The summed E-state index contributed by atoms with van der Waals surface area (Å²) in [5, 5.41) is 11.6. The van der Waals surface area contributed by atoms with Crippen molar-refractivity contribution in [2.45, 2.75) is 26.8 Å². The van der Waals surface area contributed by atoms with Gasteiger partial charge in [-0.1, -0.05) is 42.2 Å². The van der Waals surface area contributed by atoms with E-state index in [4.69, 9.17) is 14.2 Å². The van der Waals surface area contributed by atoms with Crippen molar-refractivity contribution < 1.29 is 33.7 Å². The number of aryl methyl sites for hydroxylation is 2. The average Bonchev–Trinajstić information content (AvgIpc) is 3.43. The molecule has 9 nitrogen and oxygen atoms in total. The molecule has 0 saturated carbocycles. The number of Topliss-reactive ketones (excluding diaryl/α,β-unsaturated/α-hetero) is 1. The quantitative estimate of drug-likeness (QED) is 0.129. The normalized spacial score (nSPS) is 16.3. The van der Waals surface area contributed by atoms with Gasteiger partial charge in [0.15, 0.2) is 5.13 Å². The fourth-order valence-corrected chi connectivity index (χ4v) is 5.36. The first-order valence-electron chi connectivity index (χ1n) is 12.2. The number of benzene rings is 2. The summed E-state index contributed by atoms with van der Waals surface area (Å²) in [4.78, 5) is 45.5. The molecule has 4 rings (SSSR count). The van der Waals surface area contributed by atoms with Gasteiger partial charge in [0.25, 0.3) is 5.78 Å². The van der Waals surface area contributed by atoms with Crippen LogP contribution in [-0.4, -0.2) is 48.1 Å². The number of hydrogen-bond acceptors (Lipinski definition) is 9. The summed E-state index contributed by atoms with van der Waals surface area (Å²) in [6.07, 6.45) is 1.44. The van der Waals surface area contributed by atoms with Crippen LogP contribution >= 0.6 is 11.3 Å². The lowest BCUT2D eigenvalue weighted by molar-refractivity contribution is -0.132. The van der Waals surface area contributed by atoms with Crippen LogP contribution in [0.2, 0.25) is 0 Å². The number of aliphatic hydroxyl groups excluding tert-OH is 1. The van der Waals surface area contributed by atoms with E-state index in [2.05, 4.69) is 11.6 Å². The molecule has 39 heavy (non-hydrogen) atoms. The monoisotopic (exact) mass is 548 g/mol. The molecular weight excluding hydrogens is 520 g/mol. The van der Waals surface area contributed by atoms with E-state index in [9.17, 15) is 19.5 Å². The van der Waals surface area contributed by atoms with Crippen LogP contribution in [-0.2, 0) is 14.3 Å². The third-order valence-electron chi connectivity index (χ3n) is 6.14. The van der Waals surface area contributed by atoms with Crippen molar-refractivity contribution in [1.82, 2.24) is 4.98 Å². The topological polar surface area (TPSA) is 115 Å². The van der Waals surface area contributed by atoms with Gasteiger partial charge in [0, 0.05) is 11.1 Å². The van der Waals surface area contributed by atoms with Crippen molar-refractivity contribution in [2.75, 3.05) is 25.2 Å². The molecule has 0 radical (unpaired) electrons. The number of ketones is 1. The van der Waals surface area contributed by atoms with Gasteiger partial charge in [-0.25, -0.2) is 9.78 Å². The number of anilines is 1. The average molecular weight is 549 g/mol. The number of aromatic nitrogens is 1. The molecule has 1 aliphatic rings. The van der Waals surface area contributed by atoms with E-state index in [0.29, 0.717) is 34.9 Å². The largest absolute Gasteiger partial charge is 0.507 e. The first kappa shape index (κ1) is 27.6. The number of amides is 1. The number of carbonyl (C=O) groups is 3. The molecule has 1 amide bonds. The standard InChI is InChI=1S/C29H28N2O7S/c1-6-14-38-28(35)26-17(4)30-29(39-26)31-23(19-10-8-9-11-21(19)37-7-2)22(25(33)27(31)34)24(32)18-12-13-20(36-5)16(3)15-18/h6,8-13,15,23,32H,1,7,14H2,2-5H3. The molecule has 0 bridgehead atoms. The maximum atomic E-state index is 13.5. The van der Waals surface area contributed by atoms with Crippen LogP contribution in [0.4, 0.5) is 5.13 Å². The first-order valence-corrected chi connectivity index (χ1v) is 13.0. The number of ether oxygens (including phenoxy) is 3. The van der Waals surface area contributed by atoms with Crippen LogP contribution in [0.5, 0.6) is 11.5 Å². The third kappa shape index (κ3) is 5.15. The number of methoxy groups -OCH3 is 1. The van der Waals surface area contributed by atoms with Crippen LogP contribution < -0.4 is 14.4 Å². The molecule has 1 aromatic heterocycles. The molecule has 1 aliphatic heterocycles. The minimum absolute atomic E-state index is 0.0129. The Kier molecular flexibility index (Phi) is 8.15. The van der Waals surface area contributed by atoms with Gasteiger partial charge in [0.1, 0.15) is 34.8 Å². The predicted molar refractivity (Wildman–Crippen MR) is 147 cm³/mol. The second kappa shape index (κ2) is 11.5. The van der Waals surface area contributed by atoms with Crippen molar-refractivity contribution in [1.29, 1.82) is 0 Å². The van der Waals surface area contributed by atoms with Gasteiger partial charge in [0.05, 0.1) is 25.0 Å². The number of carbonyl (C=O) groups excluding carboxylic acids is 3. The number of para-hydroxylation sites is 1. The maximum absolute atomic E-state index is 13.5. The highest BCUT2D eigenvalue weighted by molar-refractivity contribution is 7.17. The van der Waals surface area contributed by atoms with Gasteiger partial charge in [-0.05, 0) is 50.6 Å². The fraction of sp³-hybridized carbons (Fsp3) is 0.241. The zero-order chi connectivity index (χ0) is 28.3. The Hall–Kier alpha value is -4.44. The molecule has 0 aliphatic carbocycles. The summed E-state index contributed by atoms with van der Waals surface area (Å²) in [5.74, 6) is -1.70. The maximum Gasteiger partial charge on any atom is 0.350 e. The Labute approximate surface area is 230 Å². The summed E-state index contributed by atoms with van der Waals surface area (Å²) in [6.45, 7) is 9.13. The molecular formula is C29H28N2O7S. The number of hydrogen-bond donors (Lipinski definition) is 1. The summed E-state index contributed by atoms with van der Waals surface area (Å²) in [5.41, 5.74) is 1.78. The van der Waals surface area contributed by atoms with Gasteiger partial charge < -0.3 is 19.3 Å². The number of rotatable bonds is 9. The third-order valence-corrected chi connectivity index (χ3v) is 7.27. The SMILES string of the molecule is C=CCOC(=O)c1sc(N2C(=O)C(=O)C(=C(O)c3ccc(OC)c(C)c3)C2c2ccccc2OCC)nc1C. The zero-order valence-electron chi connectivity index (χ0n) is 22.0. The molecule has 202 valence electrons. The highest BCUT2D eigenvalue weighted by atomic mass is 32.1. The highest BCUT2D eigenvalue weighted by Crippen LogP contribution is 2.46. The molecule has 10 heteroatoms. The number of esters is 1. The van der Waals surface area contributed by atoms with Crippen molar-refractivity contribution in [2.24, 2.45) is 0 Å². The van der Waals surface area contributed by atoms with Crippen molar-refractivity contribution >= 4 is 39.9 Å². The van der Waals surface area contributed by atoms with E-state index in [-0.39, 0.29) is 27.9 Å². The minimum atomic E-state index is -1.07. The Balaban J connectivity index is 1.93. The predicted octanol–water partition coefficient (Wildman–Crippen LogP) is 5.14. The molecule has 1 atom stereocenters. The van der Waals surface area contributed by atoms with E-state index in [0.717, 1.165) is 16.9 Å². The van der Waals surface area contributed by atoms with Gasteiger partial charge in [-0.2, -0.15) is 0 Å². The number of thiazole rings is 1. The molecule has 1 N–H and O–H groups in total. The van der Waals surface area contributed by atoms with E-state index < -0.39 is 23.7 Å². The van der Waals surface area contributed by atoms with Crippen LogP contribution in [0.1, 0.15) is 45.0 Å². The molecule has 3 aromatic rings. The summed E-state index contributed by atoms with van der Waals surface area (Å²) < 4.78 is 16.3. The van der Waals surface area contributed by atoms with Gasteiger partial charge in [-0.3, -0.25) is 14.5 Å². The van der Waals surface area contributed by atoms with Crippen molar-refractivity contribution in [3.63, 3.8) is 0 Å². The van der Waals surface area contributed by atoms with E-state index >= 15 is 0 Å². The Bertz CT molecular complexity index is 1490. The van der Waals surface area contributed by atoms with Crippen LogP contribution in [0.25, 0.3) is 5.76 Å². The first-order chi connectivity index (χ1) is 18.7. The Morgan fingerprint density at radius 3 is 2.59 bits per heavy atom. The van der Waals surface area contributed by atoms with Crippen LogP contribution in [0, 0.1) is 13.8 Å². The summed E-state index contributed by atoms with van der Waals surface area (Å²) in [7, 11) is 1.54. The number of nitrogens with zero attached hydrogens (tertiary/aromatic N) is 2. The molecule has 2 heterocycles. The molecule has 0 spiro atoms. The van der Waals surface area contributed by atoms with Gasteiger partial charge in [0.2, 0.25) is 0 Å². The number of aliphatic hydroxyl groups is 1. The zero-order valence-corrected chi connectivity index (χ0v) is 22.8. The smallest absolute Gasteiger partial charge is 0.350 e. The fourth-order valence-electron chi connectivity index (χ4n) is 4.37. The lowest BCUT2D eigenvalue weighted by Gasteiger charge is -2.24. The molecule has 2 aromatic carbocycles. The summed E-state index contributed by atoms with van der Waals surface area (Å²) >= 11 is 0.927. The molecule has 1 fully saturated rings. The second-order valence-electron chi connectivity index (χ2n) is 8.62. The van der Waals surface area contributed by atoms with Crippen molar-refractivity contribution in [3.05, 3.63) is 88.0 Å². The highest BCUT2D eigenvalue weighted by Gasteiger charge is 2.49. The van der Waals surface area contributed by atoms with Crippen LogP contribution in [0.15, 0.2) is 60.7 Å². The van der Waals surface area contributed by atoms with Crippen molar-refractivity contribution in [3.8, 4) is 11.5 Å². The van der Waals surface area contributed by atoms with E-state index in [1.54, 1.807) is 56.3 Å². The van der Waals surface area contributed by atoms with E-state index in [1.807, 2.05) is 6.92 Å². The van der Waals surface area contributed by atoms with Crippen LogP contribution in [0.3, 0.4) is 0 Å². The molecule has 1 saturated heterocycles. The minimum Gasteiger partial charge on any atom is -0.507 e. The Morgan fingerprint density at radius 1 is 1.18 bits per heavy atom. The lowest BCUT2D eigenvalue weighted by atomic mass is 9.94. The van der Waals surface area contributed by atoms with E-state index in [1.165, 1.54) is 18.1 Å². The summed E-state index contributed by atoms with van der Waals surface area (Å²) in [6, 6.07) is 10.9. The Morgan fingerprint density at radius 2 is 1.92 bits per heavy atom.